The Bertz CT molecular complexity index is 1050. The lowest BCUT2D eigenvalue weighted by atomic mass is 9.74. The van der Waals surface area contributed by atoms with Crippen LogP contribution in [0.4, 0.5) is 4.79 Å². The van der Waals surface area contributed by atoms with Gasteiger partial charge in [-0.1, -0.05) is 36.4 Å². The number of carbonyl (C=O) groups is 3. The molecular weight excluding hydrogens is 446 g/mol. The van der Waals surface area contributed by atoms with Crippen LogP contribution in [-0.2, 0) is 20.7 Å². The van der Waals surface area contributed by atoms with Gasteiger partial charge in [-0.25, -0.2) is 4.79 Å². The van der Waals surface area contributed by atoms with Gasteiger partial charge >= 0.3 is 6.03 Å². The highest BCUT2D eigenvalue weighted by atomic mass is 16.5. The number of benzene rings is 1. The number of rotatable bonds is 6. The van der Waals surface area contributed by atoms with E-state index in [-0.39, 0.29) is 17.7 Å². The van der Waals surface area contributed by atoms with Crippen LogP contribution in [0.3, 0.4) is 0 Å². The van der Waals surface area contributed by atoms with Crippen LogP contribution in [0.25, 0.3) is 0 Å². The summed E-state index contributed by atoms with van der Waals surface area (Å²) in [6.07, 6.45) is 5.17. The number of carbonyl (C=O) groups excluding carboxylic acids is 3. The predicted molar refractivity (Wildman–Crippen MR) is 128 cm³/mol. The lowest BCUT2D eigenvalue weighted by molar-refractivity contribution is -0.141. The number of amides is 4. The maximum absolute atomic E-state index is 13.8. The van der Waals surface area contributed by atoms with Crippen molar-refractivity contribution in [1.82, 2.24) is 25.4 Å². The Morgan fingerprint density at radius 2 is 1.80 bits per heavy atom. The van der Waals surface area contributed by atoms with Crippen molar-refractivity contribution in [2.45, 2.75) is 30.8 Å². The van der Waals surface area contributed by atoms with Gasteiger partial charge in [-0.3, -0.25) is 24.8 Å². The summed E-state index contributed by atoms with van der Waals surface area (Å²) in [5.74, 6) is -0.300. The van der Waals surface area contributed by atoms with Crippen molar-refractivity contribution >= 4 is 17.8 Å². The zero-order valence-corrected chi connectivity index (χ0v) is 19.7. The van der Waals surface area contributed by atoms with Crippen molar-refractivity contribution < 1.29 is 19.1 Å². The normalized spacial score (nSPS) is 24.6. The van der Waals surface area contributed by atoms with E-state index < -0.39 is 17.6 Å². The first kappa shape index (κ1) is 23.4. The molecule has 3 fully saturated rings. The van der Waals surface area contributed by atoms with Crippen molar-refractivity contribution in [3.63, 3.8) is 0 Å². The molecule has 9 heteroatoms. The summed E-state index contributed by atoms with van der Waals surface area (Å²) in [7, 11) is 0. The van der Waals surface area contributed by atoms with E-state index in [1.165, 1.54) is 0 Å². The second-order valence-corrected chi connectivity index (χ2v) is 9.48. The lowest BCUT2D eigenvalue weighted by Crippen LogP contribution is -2.58. The van der Waals surface area contributed by atoms with E-state index in [2.05, 4.69) is 20.5 Å². The van der Waals surface area contributed by atoms with E-state index in [0.717, 1.165) is 11.1 Å². The highest BCUT2D eigenvalue weighted by Gasteiger charge is 2.52. The maximum Gasteiger partial charge on any atom is 0.322 e. The summed E-state index contributed by atoms with van der Waals surface area (Å²) in [5, 5.41) is 5.39. The van der Waals surface area contributed by atoms with Gasteiger partial charge in [0, 0.05) is 45.0 Å². The average Bonchev–Trinajstić information content (AvgIpc) is 3.19. The van der Waals surface area contributed by atoms with Crippen LogP contribution in [0.15, 0.2) is 54.9 Å². The van der Waals surface area contributed by atoms with Gasteiger partial charge in [0.05, 0.1) is 13.2 Å². The molecule has 0 spiro atoms. The Morgan fingerprint density at radius 3 is 2.43 bits per heavy atom. The fourth-order valence-corrected chi connectivity index (χ4v) is 5.63. The zero-order valence-electron chi connectivity index (χ0n) is 19.7. The quantitative estimate of drug-likeness (QED) is 0.612. The number of hydrogen-bond acceptors (Lipinski definition) is 6. The minimum Gasteiger partial charge on any atom is -0.379 e. The fraction of sp³-hybridized carbons (Fsp3) is 0.462. The second-order valence-electron chi connectivity index (χ2n) is 9.48. The fourth-order valence-electron chi connectivity index (χ4n) is 5.63. The topological polar surface area (TPSA) is 104 Å². The van der Waals surface area contributed by atoms with E-state index in [1.54, 1.807) is 12.4 Å². The third-order valence-corrected chi connectivity index (χ3v) is 7.44. The molecule has 5 rings (SSSR count). The average molecular weight is 478 g/mol. The van der Waals surface area contributed by atoms with E-state index in [1.807, 2.05) is 47.4 Å². The molecule has 35 heavy (non-hydrogen) atoms. The van der Waals surface area contributed by atoms with Crippen molar-refractivity contribution in [2.24, 2.45) is 5.92 Å². The molecular formula is C26H31N5O4. The van der Waals surface area contributed by atoms with Crippen molar-refractivity contribution in [3.05, 3.63) is 66.0 Å². The zero-order chi connectivity index (χ0) is 24.3. The molecule has 3 aliphatic rings. The first-order chi connectivity index (χ1) is 17.1. The van der Waals surface area contributed by atoms with Gasteiger partial charge in [-0.2, -0.15) is 0 Å². The first-order valence-corrected chi connectivity index (χ1v) is 12.2. The first-order valence-electron chi connectivity index (χ1n) is 12.2. The van der Waals surface area contributed by atoms with Gasteiger partial charge in [0.2, 0.25) is 5.91 Å². The number of nitrogens with one attached hydrogen (secondary N) is 2. The smallest absolute Gasteiger partial charge is 0.322 e. The number of ether oxygens (including phenoxy) is 1. The number of pyridine rings is 1. The summed E-state index contributed by atoms with van der Waals surface area (Å²) in [6, 6.07) is 12.7. The number of morpholine rings is 1. The van der Waals surface area contributed by atoms with Crippen LogP contribution in [0.2, 0.25) is 0 Å². The van der Waals surface area contributed by atoms with Crippen LogP contribution in [-0.4, -0.2) is 77.6 Å². The van der Waals surface area contributed by atoms with Gasteiger partial charge < -0.3 is 15.0 Å². The Balaban J connectivity index is 1.33. The molecule has 0 saturated carbocycles. The summed E-state index contributed by atoms with van der Waals surface area (Å²) in [6.45, 7) is 3.64. The molecule has 2 atom stereocenters. The van der Waals surface area contributed by atoms with Gasteiger partial charge in [0.15, 0.2) is 0 Å². The van der Waals surface area contributed by atoms with Crippen LogP contribution in [0.5, 0.6) is 0 Å². The third-order valence-electron chi connectivity index (χ3n) is 7.44. The Kier molecular flexibility index (Phi) is 6.79. The largest absolute Gasteiger partial charge is 0.379 e. The van der Waals surface area contributed by atoms with Crippen LogP contribution >= 0.6 is 0 Å². The maximum atomic E-state index is 13.8. The number of hydrogen-bond donors (Lipinski definition) is 2. The number of aromatic nitrogens is 1. The van der Waals surface area contributed by atoms with Gasteiger partial charge in [0.25, 0.3) is 5.91 Å². The molecule has 0 unspecified atom stereocenters. The molecule has 2 aromatic rings. The van der Waals surface area contributed by atoms with Gasteiger partial charge in [-0.05, 0) is 36.0 Å². The van der Waals surface area contributed by atoms with E-state index in [0.29, 0.717) is 58.7 Å². The Labute approximate surface area is 204 Å². The van der Waals surface area contributed by atoms with E-state index >= 15 is 0 Å². The summed E-state index contributed by atoms with van der Waals surface area (Å²) in [5.41, 5.74) is 0.873. The number of urea groups is 1. The molecule has 9 nitrogen and oxygen atoms in total. The SMILES string of the molecule is O=C1NC(=O)[C@](Cc2ccccc2)(C2CCN(C(=O)[C@H](c3cccnc3)N3CCOCC3)CC2)N1. The van der Waals surface area contributed by atoms with Crippen molar-refractivity contribution in [3.8, 4) is 0 Å². The number of imide groups is 1. The monoisotopic (exact) mass is 477 g/mol. The van der Waals surface area contributed by atoms with Gasteiger partial charge in [0.1, 0.15) is 11.6 Å². The molecule has 3 aliphatic heterocycles. The number of piperidine rings is 1. The number of nitrogens with zero attached hydrogens (tertiary/aromatic N) is 3. The molecule has 184 valence electrons. The molecule has 3 saturated heterocycles. The van der Waals surface area contributed by atoms with E-state index in [9.17, 15) is 14.4 Å². The summed E-state index contributed by atoms with van der Waals surface area (Å²) < 4.78 is 5.51. The molecule has 1 aromatic heterocycles. The molecule has 0 aliphatic carbocycles. The van der Waals surface area contributed by atoms with Crippen LogP contribution in [0, 0.1) is 5.92 Å². The summed E-state index contributed by atoms with van der Waals surface area (Å²) in [4.78, 5) is 47.3. The third kappa shape index (κ3) is 4.78. The molecule has 0 radical (unpaired) electrons. The standard InChI is InChI=1S/C26H31N5O4/c32-23(22(20-7-4-10-27-18-20)30-13-15-35-16-14-30)31-11-8-21(9-12-31)26(24(33)28-25(34)29-26)17-19-5-2-1-3-6-19/h1-7,10,18,21-22H,8-9,11-17H2,(H2,28,29,33,34)/t22-,26-/m0/s1. The molecule has 4 heterocycles. The minimum absolute atomic E-state index is 0.0513. The highest BCUT2D eigenvalue weighted by molar-refractivity contribution is 6.07. The summed E-state index contributed by atoms with van der Waals surface area (Å²) >= 11 is 0. The molecule has 2 N–H and O–H groups in total. The van der Waals surface area contributed by atoms with E-state index in [4.69, 9.17) is 4.74 Å². The van der Waals surface area contributed by atoms with Crippen LogP contribution in [0.1, 0.15) is 30.0 Å². The predicted octanol–water partition coefficient (Wildman–Crippen LogP) is 1.51. The minimum atomic E-state index is -0.999. The molecule has 4 amide bonds. The molecule has 1 aromatic carbocycles. The van der Waals surface area contributed by atoms with Gasteiger partial charge in [-0.15, -0.1) is 0 Å². The molecule has 0 bridgehead atoms. The Hall–Kier alpha value is -3.30. The highest BCUT2D eigenvalue weighted by Crippen LogP contribution is 2.35. The van der Waals surface area contributed by atoms with Crippen molar-refractivity contribution in [1.29, 1.82) is 0 Å². The lowest BCUT2D eigenvalue weighted by Gasteiger charge is -2.43. The van der Waals surface area contributed by atoms with Crippen molar-refractivity contribution in [2.75, 3.05) is 39.4 Å². The Morgan fingerprint density at radius 1 is 1.06 bits per heavy atom. The second kappa shape index (κ2) is 10.1. The number of likely N-dealkylation sites (tertiary alicyclic amines) is 1. The van der Waals surface area contributed by atoms with Crippen LogP contribution < -0.4 is 10.6 Å².